The topological polar surface area (TPSA) is 19.6 Å². The summed E-state index contributed by atoms with van der Waals surface area (Å²) in [5.41, 5.74) is 14.6. The number of nitrogens with zero attached hydrogens (tertiary/aromatic N) is 2. The van der Waals surface area contributed by atoms with E-state index in [1.54, 1.807) is 0 Å². The van der Waals surface area contributed by atoms with Crippen LogP contribution in [0.15, 0.2) is 247 Å². The summed E-state index contributed by atoms with van der Waals surface area (Å²) in [4.78, 5) is 4.74. The first-order valence-electron chi connectivity index (χ1n) is 20.7. The highest BCUT2D eigenvalue weighted by Crippen LogP contribution is 2.51. The predicted octanol–water partition coefficient (Wildman–Crippen LogP) is 16.7. The number of anilines is 6. The summed E-state index contributed by atoms with van der Waals surface area (Å²) in [6.45, 7) is 0. The van der Waals surface area contributed by atoms with Crippen molar-refractivity contribution in [3.8, 4) is 33.4 Å². The Balaban J connectivity index is 1.21. The van der Waals surface area contributed by atoms with Crippen LogP contribution in [0.1, 0.15) is 0 Å². The zero-order chi connectivity index (χ0) is 40.5. The first-order chi connectivity index (χ1) is 30.2. The molecule has 3 nitrogen and oxygen atoms in total. The van der Waals surface area contributed by atoms with E-state index in [2.05, 4.69) is 252 Å². The Hall–Kier alpha value is -8.14. The van der Waals surface area contributed by atoms with Gasteiger partial charge in [-0.05, 0) is 117 Å². The first kappa shape index (κ1) is 36.0. The van der Waals surface area contributed by atoms with E-state index in [1.807, 2.05) is 0 Å². The molecule has 3 heteroatoms. The molecule has 0 aliphatic heterocycles. The minimum atomic E-state index is 0.807. The second-order valence-electron chi connectivity index (χ2n) is 15.4. The van der Waals surface area contributed by atoms with Crippen LogP contribution in [0.5, 0.6) is 0 Å². The van der Waals surface area contributed by atoms with Crippen LogP contribution >= 0.6 is 0 Å². The van der Waals surface area contributed by atoms with Crippen molar-refractivity contribution in [3.05, 3.63) is 243 Å². The van der Waals surface area contributed by atoms with Crippen molar-refractivity contribution in [1.29, 1.82) is 0 Å². The van der Waals surface area contributed by atoms with Gasteiger partial charge in [-0.15, -0.1) is 0 Å². The molecule has 0 aliphatic rings. The maximum Gasteiger partial charge on any atom is 0.161 e. The molecular weight excluding hydrogens is 741 g/mol. The van der Waals surface area contributed by atoms with E-state index in [-0.39, 0.29) is 0 Å². The fraction of sp³-hybridized carbons (Fsp3) is 0. The summed E-state index contributed by atoms with van der Waals surface area (Å²) in [5.74, 6) is 0. The summed E-state index contributed by atoms with van der Waals surface area (Å²) < 4.78 is 7.19. The fourth-order valence-corrected chi connectivity index (χ4v) is 8.63. The molecule has 0 aliphatic carbocycles. The molecule has 11 rings (SSSR count). The third-order valence-electron chi connectivity index (χ3n) is 11.6. The molecule has 0 atom stereocenters. The number of furan rings is 1. The standard InChI is InChI=1S/C58H40N2O/c1-5-16-41(17-6-1)44-28-32-50(33-29-44)59(49-25-11-4-12-26-49)55-37-36-53-54-39-47-22-13-14-23-48(47)40-56(54)61-58(53)57(55)60(51-34-30-45(31-35-51)42-18-7-2-8-19-42)52-27-15-24-46(38-52)43-20-9-3-10-21-43/h1-40H. The predicted molar refractivity (Wildman–Crippen MR) is 257 cm³/mol. The second kappa shape index (κ2) is 15.6. The maximum absolute atomic E-state index is 7.19. The van der Waals surface area contributed by atoms with Crippen LogP contribution in [-0.2, 0) is 0 Å². The molecule has 1 heterocycles. The second-order valence-corrected chi connectivity index (χ2v) is 15.4. The molecule has 11 aromatic rings. The van der Waals surface area contributed by atoms with Gasteiger partial charge in [0, 0.05) is 33.5 Å². The highest BCUT2D eigenvalue weighted by molar-refractivity contribution is 6.16. The van der Waals surface area contributed by atoms with E-state index >= 15 is 0 Å². The smallest absolute Gasteiger partial charge is 0.161 e. The van der Waals surface area contributed by atoms with E-state index in [0.717, 1.165) is 83.7 Å². The summed E-state index contributed by atoms with van der Waals surface area (Å²) in [5, 5.41) is 4.45. The fourth-order valence-electron chi connectivity index (χ4n) is 8.63. The van der Waals surface area contributed by atoms with Gasteiger partial charge in [-0.25, -0.2) is 0 Å². The van der Waals surface area contributed by atoms with Gasteiger partial charge < -0.3 is 14.2 Å². The molecule has 0 radical (unpaired) electrons. The summed E-state index contributed by atoms with van der Waals surface area (Å²) in [7, 11) is 0. The van der Waals surface area contributed by atoms with Gasteiger partial charge in [0.1, 0.15) is 11.3 Å². The normalized spacial score (nSPS) is 11.3. The van der Waals surface area contributed by atoms with Crippen LogP contribution in [0.4, 0.5) is 34.1 Å². The SMILES string of the molecule is c1ccc(-c2ccc(N(c3ccccc3)c3ccc4c(oc5cc6ccccc6cc54)c3N(c3ccc(-c4ccccc4)cc3)c3cccc(-c4ccccc4)c3)cc2)cc1. The van der Waals surface area contributed by atoms with Gasteiger partial charge in [-0.3, -0.25) is 0 Å². The first-order valence-corrected chi connectivity index (χ1v) is 20.7. The Bertz CT molecular complexity index is 3270. The van der Waals surface area contributed by atoms with E-state index in [4.69, 9.17) is 4.42 Å². The van der Waals surface area contributed by atoms with Crippen LogP contribution in [0.25, 0.3) is 66.1 Å². The van der Waals surface area contributed by atoms with Crippen LogP contribution < -0.4 is 9.80 Å². The molecule has 0 unspecified atom stereocenters. The minimum Gasteiger partial charge on any atom is -0.454 e. The van der Waals surface area contributed by atoms with E-state index < -0.39 is 0 Å². The van der Waals surface area contributed by atoms with Gasteiger partial charge in [-0.1, -0.05) is 170 Å². The number of hydrogen-bond donors (Lipinski definition) is 0. The van der Waals surface area contributed by atoms with Crippen molar-refractivity contribution < 1.29 is 4.42 Å². The molecule has 0 fully saturated rings. The van der Waals surface area contributed by atoms with Gasteiger partial charge in [0.15, 0.2) is 5.58 Å². The molecule has 1 aromatic heterocycles. The quantitative estimate of drug-likeness (QED) is 0.145. The van der Waals surface area contributed by atoms with Crippen LogP contribution in [-0.4, -0.2) is 0 Å². The number of rotatable bonds is 9. The molecule has 0 saturated carbocycles. The third-order valence-corrected chi connectivity index (χ3v) is 11.6. The lowest BCUT2D eigenvalue weighted by atomic mass is 10.0. The van der Waals surface area contributed by atoms with Gasteiger partial charge in [0.05, 0.1) is 5.69 Å². The Kier molecular flexibility index (Phi) is 9.18. The van der Waals surface area contributed by atoms with Crippen molar-refractivity contribution in [1.82, 2.24) is 0 Å². The van der Waals surface area contributed by atoms with Gasteiger partial charge in [-0.2, -0.15) is 0 Å². The van der Waals surface area contributed by atoms with Crippen LogP contribution in [0.2, 0.25) is 0 Å². The van der Waals surface area contributed by atoms with Crippen LogP contribution in [0, 0.1) is 0 Å². The monoisotopic (exact) mass is 780 g/mol. The van der Waals surface area contributed by atoms with Crippen molar-refractivity contribution in [2.45, 2.75) is 0 Å². The molecule has 288 valence electrons. The van der Waals surface area contributed by atoms with Crippen molar-refractivity contribution in [2.75, 3.05) is 9.80 Å². The van der Waals surface area contributed by atoms with Gasteiger partial charge >= 0.3 is 0 Å². The highest BCUT2D eigenvalue weighted by atomic mass is 16.3. The summed E-state index contributed by atoms with van der Waals surface area (Å²) in [6.07, 6.45) is 0. The molecule has 0 bridgehead atoms. The molecule has 0 spiro atoms. The zero-order valence-electron chi connectivity index (χ0n) is 33.4. The number of hydrogen-bond acceptors (Lipinski definition) is 3. The average Bonchev–Trinajstić information content (AvgIpc) is 3.70. The molecule has 61 heavy (non-hydrogen) atoms. The molecule has 0 N–H and O–H groups in total. The van der Waals surface area contributed by atoms with Crippen molar-refractivity contribution in [2.24, 2.45) is 0 Å². The number of benzene rings is 10. The lowest BCUT2D eigenvalue weighted by molar-refractivity contribution is 0.669. The Morgan fingerprint density at radius 3 is 1.31 bits per heavy atom. The Morgan fingerprint density at radius 1 is 0.279 bits per heavy atom. The molecular formula is C58H40N2O. The van der Waals surface area contributed by atoms with Gasteiger partial charge in [0.25, 0.3) is 0 Å². The largest absolute Gasteiger partial charge is 0.454 e. The minimum absolute atomic E-state index is 0.807. The molecule has 0 saturated heterocycles. The molecule has 0 amide bonds. The Labute approximate surface area is 355 Å². The third kappa shape index (κ3) is 6.78. The Morgan fingerprint density at radius 2 is 0.721 bits per heavy atom. The highest BCUT2D eigenvalue weighted by Gasteiger charge is 2.28. The van der Waals surface area contributed by atoms with Gasteiger partial charge in [0.2, 0.25) is 0 Å². The summed E-state index contributed by atoms with van der Waals surface area (Å²) >= 11 is 0. The van der Waals surface area contributed by atoms with Crippen molar-refractivity contribution >= 4 is 66.8 Å². The number of fused-ring (bicyclic) bond motifs is 4. The maximum atomic E-state index is 7.19. The number of para-hydroxylation sites is 1. The van der Waals surface area contributed by atoms with E-state index in [0.29, 0.717) is 0 Å². The molecule has 10 aromatic carbocycles. The average molecular weight is 781 g/mol. The summed E-state index contributed by atoms with van der Waals surface area (Å²) in [6, 6.07) is 86.5. The van der Waals surface area contributed by atoms with E-state index in [1.165, 1.54) is 16.5 Å². The van der Waals surface area contributed by atoms with E-state index in [9.17, 15) is 0 Å². The lowest BCUT2D eigenvalue weighted by Gasteiger charge is -2.33. The van der Waals surface area contributed by atoms with Crippen LogP contribution in [0.3, 0.4) is 0 Å². The zero-order valence-corrected chi connectivity index (χ0v) is 33.4. The lowest BCUT2D eigenvalue weighted by Crippen LogP contribution is -2.17. The van der Waals surface area contributed by atoms with Crippen molar-refractivity contribution in [3.63, 3.8) is 0 Å².